The average molecular weight is 301 g/mol. The molecule has 4 nitrogen and oxygen atoms in total. The zero-order valence-electron chi connectivity index (χ0n) is 11.2. The Labute approximate surface area is 125 Å². The van der Waals surface area contributed by atoms with E-state index in [0.717, 1.165) is 15.5 Å². The van der Waals surface area contributed by atoms with Gasteiger partial charge in [-0.3, -0.25) is 4.79 Å². The molecular formula is C16H15NO3S. The van der Waals surface area contributed by atoms with Gasteiger partial charge < -0.3 is 15.9 Å². The largest absolute Gasteiger partial charge is 0.390 e. The number of nitrogens with two attached hydrogens (primary N) is 1. The summed E-state index contributed by atoms with van der Waals surface area (Å²) in [5.41, 5.74) is 5.63. The highest BCUT2D eigenvalue weighted by Gasteiger charge is 2.21. The number of amides is 1. The quantitative estimate of drug-likeness (QED) is 0.691. The Balaban J connectivity index is 2.03. The fraction of sp³-hybridized carbons (Fsp3) is 0.188. The van der Waals surface area contributed by atoms with Crippen LogP contribution in [0.25, 0.3) is 20.2 Å². The number of carbonyl (C=O) groups excluding carboxylic acids is 1. The van der Waals surface area contributed by atoms with Crippen LogP contribution >= 0.6 is 11.3 Å². The van der Waals surface area contributed by atoms with Crippen molar-refractivity contribution in [2.75, 3.05) is 0 Å². The first-order valence-electron chi connectivity index (χ1n) is 6.62. The van der Waals surface area contributed by atoms with Crippen LogP contribution in [0.2, 0.25) is 0 Å². The van der Waals surface area contributed by atoms with E-state index in [-0.39, 0.29) is 6.42 Å². The van der Waals surface area contributed by atoms with Crippen LogP contribution in [-0.4, -0.2) is 22.2 Å². The zero-order valence-corrected chi connectivity index (χ0v) is 12.0. The van der Waals surface area contributed by atoms with Crippen molar-refractivity contribution in [2.45, 2.75) is 18.6 Å². The Bertz CT molecular complexity index is 811. The molecule has 1 heterocycles. The van der Waals surface area contributed by atoms with Gasteiger partial charge in [-0.05, 0) is 23.8 Å². The summed E-state index contributed by atoms with van der Waals surface area (Å²) in [6.07, 6.45) is -2.57. The minimum atomic E-state index is -1.19. The van der Waals surface area contributed by atoms with Gasteiger partial charge in [-0.25, -0.2) is 0 Å². The first-order chi connectivity index (χ1) is 10.1. The minimum Gasteiger partial charge on any atom is -0.390 e. The maximum Gasteiger partial charge on any atom is 0.220 e. The average Bonchev–Trinajstić information content (AvgIpc) is 2.83. The molecule has 0 radical (unpaired) electrons. The lowest BCUT2D eigenvalue weighted by molar-refractivity contribution is -0.121. The molecule has 5 heteroatoms. The van der Waals surface area contributed by atoms with Crippen LogP contribution in [-0.2, 0) is 4.79 Å². The first kappa shape index (κ1) is 14.0. The van der Waals surface area contributed by atoms with Crippen LogP contribution < -0.4 is 5.73 Å². The Hall–Kier alpha value is -1.95. The summed E-state index contributed by atoms with van der Waals surface area (Å²) in [7, 11) is 0. The Morgan fingerprint density at radius 3 is 2.57 bits per heavy atom. The number of carbonyl (C=O) groups is 1. The van der Waals surface area contributed by atoms with Crippen LogP contribution in [0.5, 0.6) is 0 Å². The summed E-state index contributed by atoms with van der Waals surface area (Å²) in [4.78, 5) is 10.8. The van der Waals surface area contributed by atoms with Gasteiger partial charge in [-0.2, -0.15) is 0 Å². The van der Waals surface area contributed by atoms with Crippen molar-refractivity contribution in [1.29, 1.82) is 0 Å². The van der Waals surface area contributed by atoms with Crippen LogP contribution in [0.4, 0.5) is 0 Å². The number of thiophene rings is 1. The number of hydrogen-bond acceptors (Lipinski definition) is 4. The minimum absolute atomic E-state index is 0.260. The highest BCUT2D eigenvalue weighted by Crippen LogP contribution is 2.35. The summed E-state index contributed by atoms with van der Waals surface area (Å²) in [6, 6.07) is 13.6. The molecule has 4 N–H and O–H groups in total. The van der Waals surface area contributed by atoms with Crippen molar-refractivity contribution >= 4 is 37.4 Å². The van der Waals surface area contributed by atoms with Gasteiger partial charge in [-0.1, -0.05) is 24.3 Å². The third-order valence-corrected chi connectivity index (χ3v) is 4.67. The zero-order chi connectivity index (χ0) is 15.0. The van der Waals surface area contributed by atoms with Crippen molar-refractivity contribution in [3.05, 3.63) is 48.0 Å². The van der Waals surface area contributed by atoms with Gasteiger partial charge in [0.25, 0.3) is 0 Å². The molecular weight excluding hydrogens is 286 g/mol. The van der Waals surface area contributed by atoms with Crippen molar-refractivity contribution in [2.24, 2.45) is 5.73 Å². The SMILES string of the molecule is NC(=O)CC(O)C(O)c1ccc2sc3ccccc3c2c1. The molecule has 0 aliphatic heterocycles. The molecule has 2 aromatic carbocycles. The number of aliphatic hydroxyl groups excluding tert-OH is 2. The van der Waals surface area contributed by atoms with Crippen molar-refractivity contribution in [3.8, 4) is 0 Å². The molecule has 0 saturated carbocycles. The maximum absolute atomic E-state index is 10.8. The third kappa shape index (κ3) is 2.63. The lowest BCUT2D eigenvalue weighted by atomic mass is 10.00. The third-order valence-electron chi connectivity index (χ3n) is 3.52. The predicted molar refractivity (Wildman–Crippen MR) is 84.1 cm³/mol. The Kier molecular flexibility index (Phi) is 3.63. The highest BCUT2D eigenvalue weighted by atomic mass is 32.1. The lowest BCUT2D eigenvalue weighted by Crippen LogP contribution is -2.25. The summed E-state index contributed by atoms with van der Waals surface area (Å²) in [6.45, 7) is 0. The molecule has 0 spiro atoms. The topological polar surface area (TPSA) is 83.6 Å². The van der Waals surface area contributed by atoms with Gasteiger partial charge in [0.1, 0.15) is 6.10 Å². The van der Waals surface area contributed by atoms with E-state index in [0.29, 0.717) is 5.56 Å². The number of primary amides is 1. The van der Waals surface area contributed by atoms with E-state index in [1.54, 1.807) is 17.4 Å². The summed E-state index contributed by atoms with van der Waals surface area (Å²) in [5, 5.41) is 22.1. The molecule has 0 saturated heterocycles. The number of aliphatic hydroxyl groups is 2. The molecule has 3 aromatic rings. The van der Waals surface area contributed by atoms with Gasteiger partial charge in [0, 0.05) is 20.2 Å². The molecule has 0 aliphatic carbocycles. The van der Waals surface area contributed by atoms with Crippen molar-refractivity contribution < 1.29 is 15.0 Å². The smallest absolute Gasteiger partial charge is 0.220 e. The fourth-order valence-electron chi connectivity index (χ4n) is 2.47. The summed E-state index contributed by atoms with van der Waals surface area (Å²) < 4.78 is 2.30. The molecule has 0 fully saturated rings. The van der Waals surface area contributed by atoms with Crippen LogP contribution in [0.15, 0.2) is 42.5 Å². The summed E-state index contributed by atoms with van der Waals surface area (Å²) >= 11 is 1.68. The number of hydrogen-bond donors (Lipinski definition) is 3. The Morgan fingerprint density at radius 2 is 1.81 bits per heavy atom. The molecule has 1 amide bonds. The fourth-order valence-corrected chi connectivity index (χ4v) is 3.55. The van der Waals surface area contributed by atoms with Gasteiger partial charge in [0.2, 0.25) is 5.91 Å². The van der Waals surface area contributed by atoms with E-state index in [2.05, 4.69) is 6.07 Å². The first-order valence-corrected chi connectivity index (χ1v) is 7.43. The lowest BCUT2D eigenvalue weighted by Gasteiger charge is -2.16. The second-order valence-electron chi connectivity index (χ2n) is 5.04. The van der Waals surface area contributed by atoms with Crippen LogP contribution in [0, 0.1) is 0 Å². The molecule has 0 aliphatic rings. The van der Waals surface area contributed by atoms with Gasteiger partial charge in [0.05, 0.1) is 12.5 Å². The van der Waals surface area contributed by atoms with E-state index in [1.165, 1.54) is 4.70 Å². The maximum atomic E-state index is 10.8. The number of benzene rings is 2. The number of rotatable bonds is 4. The standard InChI is InChI=1S/C16H15NO3S/c17-15(19)8-12(18)16(20)9-5-6-14-11(7-9)10-3-1-2-4-13(10)21-14/h1-7,12,16,18,20H,8H2,(H2,17,19). The molecule has 21 heavy (non-hydrogen) atoms. The van der Waals surface area contributed by atoms with Gasteiger partial charge in [0.15, 0.2) is 0 Å². The Morgan fingerprint density at radius 1 is 1.10 bits per heavy atom. The predicted octanol–water partition coefficient (Wildman–Crippen LogP) is 2.32. The van der Waals surface area contributed by atoms with E-state index in [9.17, 15) is 15.0 Å². The second-order valence-corrected chi connectivity index (χ2v) is 6.12. The molecule has 3 rings (SSSR count). The number of fused-ring (bicyclic) bond motifs is 3. The summed E-state index contributed by atoms with van der Waals surface area (Å²) in [5.74, 6) is -0.636. The van der Waals surface area contributed by atoms with E-state index >= 15 is 0 Å². The van der Waals surface area contributed by atoms with Crippen molar-refractivity contribution in [1.82, 2.24) is 0 Å². The monoisotopic (exact) mass is 301 g/mol. The highest BCUT2D eigenvalue weighted by molar-refractivity contribution is 7.25. The molecule has 108 valence electrons. The van der Waals surface area contributed by atoms with E-state index in [4.69, 9.17) is 5.73 Å². The van der Waals surface area contributed by atoms with E-state index in [1.807, 2.05) is 30.3 Å². The van der Waals surface area contributed by atoms with Crippen LogP contribution in [0.3, 0.4) is 0 Å². The van der Waals surface area contributed by atoms with Crippen LogP contribution in [0.1, 0.15) is 18.1 Å². The molecule has 1 aromatic heterocycles. The molecule has 2 atom stereocenters. The van der Waals surface area contributed by atoms with Crippen molar-refractivity contribution in [3.63, 3.8) is 0 Å². The second kappa shape index (κ2) is 5.44. The van der Waals surface area contributed by atoms with E-state index < -0.39 is 18.1 Å². The molecule has 0 bridgehead atoms. The normalized spacial score (nSPS) is 14.4. The van der Waals surface area contributed by atoms with Gasteiger partial charge >= 0.3 is 0 Å². The molecule has 2 unspecified atom stereocenters. The van der Waals surface area contributed by atoms with Gasteiger partial charge in [-0.15, -0.1) is 11.3 Å².